The van der Waals surface area contributed by atoms with Crippen LogP contribution in [0.15, 0.2) is 18.2 Å². The molecular weight excluding hydrogens is 279 g/mol. The number of methoxy groups -OCH3 is 1. The van der Waals surface area contributed by atoms with Gasteiger partial charge in [0, 0.05) is 31.3 Å². The zero-order chi connectivity index (χ0) is 15.6. The molecule has 7 heteroatoms. The van der Waals surface area contributed by atoms with Crippen molar-refractivity contribution in [3.8, 4) is 0 Å². The molecule has 0 saturated carbocycles. The van der Waals surface area contributed by atoms with Crippen LogP contribution in [0.4, 0.5) is 14.9 Å². The highest BCUT2D eigenvalue weighted by atomic mass is 19.1. The van der Waals surface area contributed by atoms with Crippen LogP contribution in [0.3, 0.4) is 0 Å². The fraction of sp³-hybridized carbons (Fsp3) is 0.429. The number of urea groups is 1. The highest BCUT2D eigenvalue weighted by Crippen LogP contribution is 2.23. The number of carboxylic acids is 1. The topological polar surface area (TPSA) is 78.9 Å². The molecular formula is C14H17FN2O4. The number of likely N-dealkylation sites (tertiary alicyclic amines) is 1. The summed E-state index contributed by atoms with van der Waals surface area (Å²) in [6, 6.07) is 2.83. The lowest BCUT2D eigenvalue weighted by Crippen LogP contribution is -2.43. The molecule has 1 aliphatic heterocycles. The van der Waals surface area contributed by atoms with E-state index in [-0.39, 0.29) is 19.1 Å². The highest BCUT2D eigenvalue weighted by Gasteiger charge is 2.40. The van der Waals surface area contributed by atoms with Crippen molar-refractivity contribution in [1.82, 2.24) is 4.90 Å². The fourth-order valence-electron chi connectivity index (χ4n) is 2.36. The van der Waals surface area contributed by atoms with Crippen LogP contribution in [0.5, 0.6) is 0 Å². The molecule has 2 rings (SSSR count). The Morgan fingerprint density at radius 3 is 2.81 bits per heavy atom. The third-order valence-corrected chi connectivity index (χ3v) is 3.65. The molecule has 2 atom stereocenters. The van der Waals surface area contributed by atoms with E-state index in [0.717, 1.165) is 0 Å². The van der Waals surface area contributed by atoms with Gasteiger partial charge in [-0.3, -0.25) is 0 Å². The lowest BCUT2D eigenvalue weighted by Gasteiger charge is -2.22. The molecule has 21 heavy (non-hydrogen) atoms. The van der Waals surface area contributed by atoms with Crippen molar-refractivity contribution in [1.29, 1.82) is 0 Å². The number of hydrogen-bond acceptors (Lipinski definition) is 3. The molecule has 1 heterocycles. The number of carbonyl (C=O) groups is 2. The number of carbonyl (C=O) groups excluding carboxylic acids is 1. The highest BCUT2D eigenvalue weighted by molar-refractivity contribution is 5.93. The second-order valence-corrected chi connectivity index (χ2v) is 4.94. The third kappa shape index (κ3) is 3.13. The van der Waals surface area contributed by atoms with Gasteiger partial charge in [0.15, 0.2) is 0 Å². The lowest BCUT2D eigenvalue weighted by atomic mass is 10.2. The van der Waals surface area contributed by atoms with Crippen LogP contribution in [0.2, 0.25) is 0 Å². The van der Waals surface area contributed by atoms with Crippen LogP contribution in [0, 0.1) is 12.7 Å². The van der Waals surface area contributed by atoms with Gasteiger partial charge in [0.05, 0.1) is 6.10 Å². The minimum absolute atomic E-state index is 0.188. The maximum Gasteiger partial charge on any atom is 0.326 e. The number of nitrogens with one attached hydrogen (secondary N) is 1. The van der Waals surface area contributed by atoms with Crippen LogP contribution in [0.1, 0.15) is 12.0 Å². The summed E-state index contributed by atoms with van der Waals surface area (Å²) in [6.45, 7) is 1.73. The first kappa shape index (κ1) is 15.2. The molecule has 0 radical (unpaired) electrons. The number of rotatable bonds is 3. The summed E-state index contributed by atoms with van der Waals surface area (Å²) in [7, 11) is 1.47. The van der Waals surface area contributed by atoms with Gasteiger partial charge in [0.25, 0.3) is 0 Å². The van der Waals surface area contributed by atoms with Crippen molar-refractivity contribution >= 4 is 17.7 Å². The average Bonchev–Trinajstić information content (AvgIpc) is 2.88. The largest absolute Gasteiger partial charge is 0.480 e. The Balaban J connectivity index is 2.15. The molecule has 0 aliphatic carbocycles. The van der Waals surface area contributed by atoms with Gasteiger partial charge in [0.1, 0.15) is 11.9 Å². The molecule has 2 unspecified atom stereocenters. The van der Waals surface area contributed by atoms with Gasteiger partial charge in [-0.1, -0.05) is 6.07 Å². The smallest absolute Gasteiger partial charge is 0.326 e. The molecule has 6 nitrogen and oxygen atoms in total. The van der Waals surface area contributed by atoms with Crippen molar-refractivity contribution in [2.45, 2.75) is 25.5 Å². The summed E-state index contributed by atoms with van der Waals surface area (Å²) >= 11 is 0. The molecule has 1 aromatic rings. The molecule has 2 amide bonds. The Bertz CT molecular complexity index is 564. The second-order valence-electron chi connectivity index (χ2n) is 4.94. The maximum atomic E-state index is 13.4. The summed E-state index contributed by atoms with van der Waals surface area (Å²) in [6.07, 6.45) is -0.0769. The van der Waals surface area contributed by atoms with Gasteiger partial charge in [-0.25, -0.2) is 14.0 Å². The Kier molecular flexibility index (Phi) is 4.42. The molecule has 1 fully saturated rings. The van der Waals surface area contributed by atoms with Crippen molar-refractivity contribution < 1.29 is 23.8 Å². The van der Waals surface area contributed by atoms with Crippen molar-refractivity contribution in [2.75, 3.05) is 19.0 Å². The number of nitrogens with zero attached hydrogens (tertiary/aromatic N) is 1. The summed E-state index contributed by atoms with van der Waals surface area (Å²) in [5.74, 6) is -1.51. The fourth-order valence-corrected chi connectivity index (χ4v) is 2.36. The summed E-state index contributed by atoms with van der Waals surface area (Å²) < 4.78 is 18.6. The van der Waals surface area contributed by atoms with Gasteiger partial charge >= 0.3 is 12.0 Å². The first-order valence-corrected chi connectivity index (χ1v) is 6.52. The lowest BCUT2D eigenvalue weighted by molar-refractivity contribution is -0.141. The van der Waals surface area contributed by atoms with Crippen molar-refractivity contribution in [2.24, 2.45) is 0 Å². The first-order valence-electron chi connectivity index (χ1n) is 6.52. The van der Waals surface area contributed by atoms with Crippen LogP contribution >= 0.6 is 0 Å². The molecule has 0 aromatic heterocycles. The van der Waals surface area contributed by atoms with Gasteiger partial charge in [0.2, 0.25) is 0 Å². The molecule has 1 aliphatic rings. The van der Waals surface area contributed by atoms with E-state index in [0.29, 0.717) is 11.3 Å². The van der Waals surface area contributed by atoms with Gasteiger partial charge in [-0.2, -0.15) is 0 Å². The van der Waals surface area contributed by atoms with E-state index in [2.05, 4.69) is 5.32 Å². The molecule has 2 N–H and O–H groups in total. The number of carboxylic acid groups (broad SMARTS) is 1. The average molecular weight is 296 g/mol. The predicted molar refractivity (Wildman–Crippen MR) is 73.7 cm³/mol. The summed E-state index contributed by atoms with van der Waals surface area (Å²) in [4.78, 5) is 24.6. The SMILES string of the molecule is COC1CC(C(=O)O)N(C(=O)Nc2cccc(F)c2C)C1. The van der Waals surface area contributed by atoms with Crippen molar-refractivity contribution in [3.63, 3.8) is 0 Å². The monoisotopic (exact) mass is 296 g/mol. The van der Waals surface area contributed by atoms with Gasteiger partial charge < -0.3 is 20.1 Å². The maximum absolute atomic E-state index is 13.4. The standard InChI is InChI=1S/C14H17FN2O4/c1-8-10(15)4-3-5-11(8)16-14(20)17-7-9(21-2)6-12(17)13(18)19/h3-5,9,12H,6-7H2,1-2H3,(H,16,20)(H,18,19). The third-order valence-electron chi connectivity index (χ3n) is 3.65. The quantitative estimate of drug-likeness (QED) is 0.892. The minimum Gasteiger partial charge on any atom is -0.480 e. The number of aliphatic carboxylic acids is 1. The molecule has 1 saturated heterocycles. The number of benzene rings is 1. The second kappa shape index (κ2) is 6.09. The Labute approximate surface area is 121 Å². The summed E-state index contributed by atoms with van der Waals surface area (Å²) in [5, 5.41) is 11.7. The van der Waals surface area contributed by atoms with Gasteiger partial charge in [-0.05, 0) is 19.1 Å². The zero-order valence-electron chi connectivity index (χ0n) is 11.8. The summed E-state index contributed by atoms with van der Waals surface area (Å²) in [5.41, 5.74) is 0.630. The van der Waals surface area contributed by atoms with Crippen LogP contribution in [0.25, 0.3) is 0 Å². The van der Waals surface area contributed by atoms with Gasteiger partial charge in [-0.15, -0.1) is 0 Å². The van der Waals surface area contributed by atoms with E-state index < -0.39 is 23.9 Å². The van der Waals surface area contributed by atoms with E-state index >= 15 is 0 Å². The zero-order valence-corrected chi connectivity index (χ0v) is 11.8. The van der Waals surface area contributed by atoms with Crippen LogP contribution in [-0.4, -0.2) is 47.8 Å². The predicted octanol–water partition coefficient (Wildman–Crippen LogP) is 1.84. The van der Waals surface area contributed by atoms with E-state index in [9.17, 15) is 19.1 Å². The van der Waals surface area contributed by atoms with E-state index in [1.807, 2.05) is 0 Å². The van der Waals surface area contributed by atoms with E-state index in [1.54, 1.807) is 13.0 Å². The molecule has 0 spiro atoms. The normalized spacial score (nSPS) is 21.4. The van der Waals surface area contributed by atoms with Crippen LogP contribution in [-0.2, 0) is 9.53 Å². The minimum atomic E-state index is -1.08. The van der Waals surface area contributed by atoms with Crippen LogP contribution < -0.4 is 5.32 Å². The molecule has 0 bridgehead atoms. The first-order chi connectivity index (χ1) is 9.93. The number of amides is 2. The molecule has 1 aromatic carbocycles. The Morgan fingerprint density at radius 2 is 2.19 bits per heavy atom. The number of anilines is 1. The molecule has 114 valence electrons. The number of ether oxygens (including phenoxy) is 1. The number of halogens is 1. The Hall–Kier alpha value is -2.15. The van der Waals surface area contributed by atoms with E-state index in [4.69, 9.17) is 4.74 Å². The van der Waals surface area contributed by atoms with E-state index in [1.165, 1.54) is 24.1 Å². The Morgan fingerprint density at radius 1 is 1.48 bits per heavy atom. The number of hydrogen-bond donors (Lipinski definition) is 2. The van der Waals surface area contributed by atoms with Crippen molar-refractivity contribution in [3.05, 3.63) is 29.6 Å².